The standard InChI is InChI=1S/C13H27N3O/c1-10(2)16(11(3)13(17)14-4)9-12-5-7-15-8-6-12/h10-12,15H,5-9H2,1-4H3,(H,14,17). The lowest BCUT2D eigenvalue weighted by Gasteiger charge is -2.36. The number of amides is 1. The first-order valence-corrected chi connectivity index (χ1v) is 6.74. The van der Waals surface area contributed by atoms with Gasteiger partial charge in [-0.1, -0.05) is 0 Å². The van der Waals surface area contributed by atoms with Crippen molar-refractivity contribution in [2.45, 2.75) is 45.7 Å². The van der Waals surface area contributed by atoms with Gasteiger partial charge in [-0.2, -0.15) is 0 Å². The van der Waals surface area contributed by atoms with Gasteiger partial charge in [0.15, 0.2) is 0 Å². The van der Waals surface area contributed by atoms with Gasteiger partial charge in [0.1, 0.15) is 0 Å². The summed E-state index contributed by atoms with van der Waals surface area (Å²) in [4.78, 5) is 14.0. The molecule has 1 saturated heterocycles. The first kappa shape index (κ1) is 14.5. The number of rotatable bonds is 5. The molecule has 100 valence electrons. The average Bonchev–Trinajstić information content (AvgIpc) is 2.35. The van der Waals surface area contributed by atoms with E-state index in [0.29, 0.717) is 6.04 Å². The van der Waals surface area contributed by atoms with Crippen LogP contribution in [-0.2, 0) is 4.79 Å². The van der Waals surface area contributed by atoms with Gasteiger partial charge in [-0.05, 0) is 52.6 Å². The van der Waals surface area contributed by atoms with E-state index in [0.717, 1.165) is 25.6 Å². The number of carbonyl (C=O) groups excluding carboxylic acids is 1. The molecule has 0 bridgehead atoms. The van der Waals surface area contributed by atoms with Crippen LogP contribution >= 0.6 is 0 Å². The molecule has 1 fully saturated rings. The molecule has 0 saturated carbocycles. The summed E-state index contributed by atoms with van der Waals surface area (Å²) in [6, 6.07) is 0.382. The van der Waals surface area contributed by atoms with Crippen molar-refractivity contribution >= 4 is 5.91 Å². The molecule has 1 atom stereocenters. The number of piperidine rings is 1. The van der Waals surface area contributed by atoms with Crippen LogP contribution in [0.4, 0.5) is 0 Å². The highest BCUT2D eigenvalue weighted by atomic mass is 16.2. The molecule has 0 spiro atoms. The molecular weight excluding hydrogens is 214 g/mol. The zero-order valence-electron chi connectivity index (χ0n) is 11.6. The van der Waals surface area contributed by atoms with E-state index < -0.39 is 0 Å². The van der Waals surface area contributed by atoms with Gasteiger partial charge in [0.05, 0.1) is 6.04 Å². The lowest BCUT2D eigenvalue weighted by Crippen LogP contribution is -2.50. The molecular formula is C13H27N3O. The van der Waals surface area contributed by atoms with E-state index in [1.807, 2.05) is 6.92 Å². The van der Waals surface area contributed by atoms with Gasteiger partial charge >= 0.3 is 0 Å². The van der Waals surface area contributed by atoms with Crippen molar-refractivity contribution in [2.24, 2.45) is 5.92 Å². The second kappa shape index (κ2) is 6.97. The minimum absolute atomic E-state index is 0.0325. The topological polar surface area (TPSA) is 44.4 Å². The van der Waals surface area contributed by atoms with Crippen molar-refractivity contribution in [1.82, 2.24) is 15.5 Å². The Morgan fingerprint density at radius 1 is 1.35 bits per heavy atom. The second-order valence-electron chi connectivity index (χ2n) is 5.27. The van der Waals surface area contributed by atoms with Gasteiger partial charge in [-0.25, -0.2) is 0 Å². The zero-order valence-corrected chi connectivity index (χ0v) is 11.6. The van der Waals surface area contributed by atoms with Gasteiger partial charge in [0.2, 0.25) is 5.91 Å². The summed E-state index contributed by atoms with van der Waals surface area (Å²) in [7, 11) is 1.71. The summed E-state index contributed by atoms with van der Waals surface area (Å²) >= 11 is 0. The number of hydrogen-bond acceptors (Lipinski definition) is 3. The first-order valence-electron chi connectivity index (χ1n) is 6.74. The molecule has 2 N–H and O–H groups in total. The summed E-state index contributed by atoms with van der Waals surface area (Å²) in [6.07, 6.45) is 2.45. The van der Waals surface area contributed by atoms with Crippen LogP contribution in [0, 0.1) is 5.92 Å². The highest BCUT2D eigenvalue weighted by Crippen LogP contribution is 2.17. The smallest absolute Gasteiger partial charge is 0.236 e. The normalized spacial score (nSPS) is 19.6. The Morgan fingerprint density at radius 3 is 2.41 bits per heavy atom. The molecule has 1 amide bonds. The third-order valence-electron chi connectivity index (χ3n) is 3.71. The summed E-state index contributed by atoms with van der Waals surface area (Å²) in [6.45, 7) is 9.60. The highest BCUT2D eigenvalue weighted by molar-refractivity contribution is 5.80. The fraction of sp³-hybridized carbons (Fsp3) is 0.923. The monoisotopic (exact) mass is 241 g/mol. The summed E-state index contributed by atoms with van der Waals surface area (Å²) in [5.41, 5.74) is 0. The average molecular weight is 241 g/mol. The molecule has 1 rings (SSSR count). The number of carbonyl (C=O) groups is 1. The molecule has 4 nitrogen and oxygen atoms in total. The van der Waals surface area contributed by atoms with E-state index in [-0.39, 0.29) is 11.9 Å². The maximum Gasteiger partial charge on any atom is 0.236 e. The van der Waals surface area contributed by atoms with Gasteiger partial charge in [0.25, 0.3) is 0 Å². The number of hydrogen-bond donors (Lipinski definition) is 2. The molecule has 0 aliphatic carbocycles. The van der Waals surface area contributed by atoms with Crippen LogP contribution in [0.25, 0.3) is 0 Å². The summed E-state index contributed by atoms with van der Waals surface area (Å²) in [5.74, 6) is 0.846. The van der Waals surface area contributed by atoms with Gasteiger partial charge in [-0.15, -0.1) is 0 Å². The number of likely N-dealkylation sites (N-methyl/N-ethyl adjacent to an activating group) is 1. The number of nitrogens with zero attached hydrogens (tertiary/aromatic N) is 1. The third-order valence-corrected chi connectivity index (χ3v) is 3.71. The molecule has 1 unspecified atom stereocenters. The molecule has 0 aromatic rings. The second-order valence-corrected chi connectivity index (χ2v) is 5.27. The Labute approximate surface area is 105 Å². The quantitative estimate of drug-likeness (QED) is 0.749. The van der Waals surface area contributed by atoms with Crippen LogP contribution in [-0.4, -0.2) is 49.6 Å². The lowest BCUT2D eigenvalue weighted by molar-refractivity contribution is -0.126. The Kier molecular flexibility index (Phi) is 5.92. The van der Waals surface area contributed by atoms with Crippen LogP contribution < -0.4 is 10.6 Å². The fourth-order valence-electron chi connectivity index (χ4n) is 2.54. The number of nitrogens with one attached hydrogen (secondary N) is 2. The summed E-state index contributed by atoms with van der Waals surface area (Å²) < 4.78 is 0. The zero-order chi connectivity index (χ0) is 12.8. The van der Waals surface area contributed by atoms with E-state index in [2.05, 4.69) is 29.4 Å². The summed E-state index contributed by atoms with van der Waals surface area (Å²) in [5, 5.41) is 6.13. The molecule has 4 heteroatoms. The van der Waals surface area contributed by atoms with Crippen molar-refractivity contribution in [3.63, 3.8) is 0 Å². The molecule has 0 radical (unpaired) electrons. The lowest BCUT2D eigenvalue weighted by atomic mass is 9.96. The Balaban J connectivity index is 2.55. The predicted molar refractivity (Wildman–Crippen MR) is 71.0 cm³/mol. The molecule has 17 heavy (non-hydrogen) atoms. The van der Waals surface area contributed by atoms with E-state index in [9.17, 15) is 4.79 Å². The highest BCUT2D eigenvalue weighted by Gasteiger charge is 2.26. The minimum atomic E-state index is -0.0325. The molecule has 0 aromatic heterocycles. The Morgan fingerprint density at radius 2 is 1.94 bits per heavy atom. The van der Waals surface area contributed by atoms with E-state index >= 15 is 0 Å². The van der Waals surface area contributed by atoms with E-state index in [4.69, 9.17) is 0 Å². The molecule has 0 aromatic carbocycles. The predicted octanol–water partition coefficient (Wildman–Crippen LogP) is 0.831. The van der Waals surface area contributed by atoms with Gasteiger partial charge in [-0.3, -0.25) is 9.69 Å². The maximum atomic E-state index is 11.7. The van der Waals surface area contributed by atoms with Crippen molar-refractivity contribution in [3.8, 4) is 0 Å². The van der Waals surface area contributed by atoms with Crippen molar-refractivity contribution < 1.29 is 4.79 Å². The van der Waals surface area contributed by atoms with Crippen LogP contribution in [0.2, 0.25) is 0 Å². The van der Waals surface area contributed by atoms with E-state index in [1.165, 1.54) is 12.8 Å². The van der Waals surface area contributed by atoms with Crippen LogP contribution in [0.5, 0.6) is 0 Å². The van der Waals surface area contributed by atoms with Crippen LogP contribution in [0.3, 0.4) is 0 Å². The van der Waals surface area contributed by atoms with Crippen LogP contribution in [0.1, 0.15) is 33.6 Å². The Hall–Kier alpha value is -0.610. The first-order chi connectivity index (χ1) is 8.06. The molecule has 1 heterocycles. The largest absolute Gasteiger partial charge is 0.358 e. The van der Waals surface area contributed by atoms with Crippen molar-refractivity contribution in [2.75, 3.05) is 26.7 Å². The van der Waals surface area contributed by atoms with Gasteiger partial charge in [0, 0.05) is 19.6 Å². The van der Waals surface area contributed by atoms with Crippen molar-refractivity contribution in [3.05, 3.63) is 0 Å². The third kappa shape index (κ3) is 4.28. The maximum absolute atomic E-state index is 11.7. The van der Waals surface area contributed by atoms with Crippen molar-refractivity contribution in [1.29, 1.82) is 0 Å². The van der Waals surface area contributed by atoms with E-state index in [1.54, 1.807) is 7.05 Å². The minimum Gasteiger partial charge on any atom is -0.358 e. The van der Waals surface area contributed by atoms with Crippen LogP contribution in [0.15, 0.2) is 0 Å². The van der Waals surface area contributed by atoms with Gasteiger partial charge < -0.3 is 10.6 Å². The molecule has 1 aliphatic rings. The SMILES string of the molecule is CNC(=O)C(C)N(CC1CCNCC1)C(C)C. The Bertz CT molecular complexity index is 237. The molecule has 1 aliphatic heterocycles. The fourth-order valence-corrected chi connectivity index (χ4v) is 2.54.